The molecule has 0 radical (unpaired) electrons. The molecule has 0 unspecified atom stereocenters. The van der Waals surface area contributed by atoms with Gasteiger partial charge in [-0.3, -0.25) is 14.5 Å². The van der Waals surface area contributed by atoms with Crippen LogP contribution in [0.5, 0.6) is 0 Å². The molecule has 0 aliphatic carbocycles. The molecule has 1 fully saturated rings. The van der Waals surface area contributed by atoms with E-state index in [1.807, 2.05) is 18.2 Å². The zero-order chi connectivity index (χ0) is 27.6. The maximum absolute atomic E-state index is 13.2. The second kappa shape index (κ2) is 11.9. The molecule has 0 bridgehead atoms. The average molecular weight is 610 g/mol. The number of halogens is 3. The molecule has 0 spiro atoms. The van der Waals surface area contributed by atoms with Gasteiger partial charge in [0.05, 0.1) is 46.1 Å². The molecule has 0 atom stereocenters. The van der Waals surface area contributed by atoms with Gasteiger partial charge in [0, 0.05) is 35.8 Å². The number of urea groups is 1. The summed E-state index contributed by atoms with van der Waals surface area (Å²) in [5.41, 5.74) is 3.18. The van der Waals surface area contributed by atoms with Gasteiger partial charge in [-0.15, -0.1) is 0 Å². The van der Waals surface area contributed by atoms with Crippen LogP contribution in [0.4, 0.5) is 21.9 Å². The zero-order valence-corrected chi connectivity index (χ0v) is 24.0. The van der Waals surface area contributed by atoms with Gasteiger partial charge in [-0.25, -0.2) is 13.2 Å². The number of para-hydroxylation sites is 1. The van der Waals surface area contributed by atoms with Crippen molar-refractivity contribution in [1.29, 1.82) is 0 Å². The number of sulfonamides is 1. The van der Waals surface area contributed by atoms with Crippen LogP contribution in [-0.2, 0) is 21.3 Å². The molecule has 39 heavy (non-hydrogen) atoms. The molecule has 8 nitrogen and oxygen atoms in total. The molecule has 3 aromatic carbocycles. The predicted molar refractivity (Wildman–Crippen MR) is 157 cm³/mol. The van der Waals surface area contributed by atoms with Gasteiger partial charge in [0.1, 0.15) is 0 Å². The van der Waals surface area contributed by atoms with Crippen molar-refractivity contribution in [2.24, 2.45) is 0 Å². The first-order valence-corrected chi connectivity index (χ1v) is 15.3. The molecule has 2 heterocycles. The Kier molecular flexibility index (Phi) is 8.56. The second-order valence-electron chi connectivity index (χ2n) is 9.29. The molecule has 2 aliphatic heterocycles. The van der Waals surface area contributed by atoms with Crippen molar-refractivity contribution >= 4 is 67.9 Å². The zero-order valence-electron chi connectivity index (χ0n) is 20.9. The first kappa shape index (κ1) is 28.0. The summed E-state index contributed by atoms with van der Waals surface area (Å²) in [7, 11) is -3.70. The second-order valence-corrected chi connectivity index (χ2v) is 12.4. The highest BCUT2D eigenvalue weighted by atomic mass is 35.5. The lowest BCUT2D eigenvalue weighted by Crippen LogP contribution is -2.41. The van der Waals surface area contributed by atoms with Crippen LogP contribution in [0.2, 0.25) is 15.1 Å². The van der Waals surface area contributed by atoms with Crippen molar-refractivity contribution in [2.45, 2.75) is 13.0 Å². The van der Waals surface area contributed by atoms with E-state index in [9.17, 15) is 13.2 Å². The summed E-state index contributed by atoms with van der Waals surface area (Å²) >= 11 is 19.6. The Bertz CT molecular complexity index is 1480. The molecule has 0 saturated carbocycles. The number of morpholine rings is 1. The molecule has 2 amide bonds. The number of anilines is 3. The number of benzene rings is 3. The van der Waals surface area contributed by atoms with E-state index >= 15 is 0 Å². The number of fused-ring (bicyclic) bond motifs is 1. The van der Waals surface area contributed by atoms with Gasteiger partial charge in [-0.2, -0.15) is 0 Å². The van der Waals surface area contributed by atoms with Crippen LogP contribution in [0, 0.1) is 0 Å². The summed E-state index contributed by atoms with van der Waals surface area (Å²) in [6, 6.07) is 15.2. The van der Waals surface area contributed by atoms with Crippen LogP contribution in [0.15, 0.2) is 54.6 Å². The minimum atomic E-state index is -3.70. The fourth-order valence-electron chi connectivity index (χ4n) is 4.83. The van der Waals surface area contributed by atoms with Crippen LogP contribution in [-0.4, -0.2) is 57.9 Å². The van der Waals surface area contributed by atoms with Crippen LogP contribution >= 0.6 is 34.8 Å². The number of nitrogens with zero attached hydrogens (tertiary/aromatic N) is 2. The number of hydrogen-bond acceptors (Lipinski definition) is 5. The van der Waals surface area contributed by atoms with Crippen LogP contribution in [0.3, 0.4) is 0 Å². The quantitative estimate of drug-likeness (QED) is 0.320. The van der Waals surface area contributed by atoms with Crippen LogP contribution in [0.25, 0.3) is 11.1 Å². The minimum Gasteiger partial charge on any atom is -0.379 e. The number of rotatable bonds is 8. The predicted octanol–water partition coefficient (Wildman–Crippen LogP) is 6.14. The Morgan fingerprint density at radius 2 is 1.62 bits per heavy atom. The van der Waals surface area contributed by atoms with Gasteiger partial charge < -0.3 is 10.1 Å². The highest BCUT2D eigenvalue weighted by Crippen LogP contribution is 2.45. The number of ether oxygens (including phenoxy) is 1. The Morgan fingerprint density at radius 1 is 0.923 bits per heavy atom. The maximum Gasteiger partial charge on any atom is 0.326 e. The third-order valence-electron chi connectivity index (χ3n) is 6.68. The molecule has 2 N–H and O–H groups in total. The van der Waals surface area contributed by atoms with Crippen molar-refractivity contribution < 1.29 is 17.9 Å². The topological polar surface area (TPSA) is 91.0 Å². The van der Waals surface area contributed by atoms with Gasteiger partial charge in [0.2, 0.25) is 10.0 Å². The first-order valence-electron chi connectivity index (χ1n) is 12.5. The van der Waals surface area contributed by atoms with Crippen LogP contribution < -0.4 is 14.9 Å². The van der Waals surface area contributed by atoms with E-state index in [2.05, 4.69) is 14.9 Å². The van der Waals surface area contributed by atoms with Gasteiger partial charge in [0.15, 0.2) is 0 Å². The van der Waals surface area contributed by atoms with Crippen molar-refractivity contribution in [1.82, 2.24) is 10.2 Å². The normalized spacial score (nSPS) is 16.1. The monoisotopic (exact) mass is 608 g/mol. The first-order chi connectivity index (χ1) is 18.7. The molecule has 206 valence electrons. The number of carbonyl (C=O) groups is 1. The van der Waals surface area contributed by atoms with Gasteiger partial charge in [-0.05, 0) is 48.9 Å². The highest BCUT2D eigenvalue weighted by Gasteiger charge is 2.31. The van der Waals surface area contributed by atoms with Crippen molar-refractivity contribution in [3.63, 3.8) is 0 Å². The summed E-state index contributed by atoms with van der Waals surface area (Å²) < 4.78 is 34.3. The summed E-state index contributed by atoms with van der Waals surface area (Å²) in [5, 5.41) is 3.92. The third-order valence-corrected chi connectivity index (χ3v) is 8.99. The maximum atomic E-state index is 13.2. The Balaban J connectivity index is 1.54. The molecule has 0 aromatic heterocycles. The molecule has 12 heteroatoms. The van der Waals surface area contributed by atoms with E-state index < -0.39 is 16.1 Å². The van der Waals surface area contributed by atoms with E-state index in [1.54, 1.807) is 36.4 Å². The molecule has 2 aliphatic rings. The number of hydrogen-bond donors (Lipinski definition) is 2. The Hall–Kier alpha value is -2.53. The fourth-order valence-corrected chi connectivity index (χ4v) is 6.72. The third kappa shape index (κ3) is 6.29. The Morgan fingerprint density at radius 3 is 2.33 bits per heavy atom. The molecule has 3 aromatic rings. The fraction of sp³-hybridized carbons (Fsp3) is 0.296. The van der Waals surface area contributed by atoms with Gasteiger partial charge in [0.25, 0.3) is 0 Å². The molecule has 1 saturated heterocycles. The lowest BCUT2D eigenvalue weighted by molar-refractivity contribution is 0.0381. The van der Waals surface area contributed by atoms with E-state index in [-0.39, 0.29) is 22.3 Å². The summed E-state index contributed by atoms with van der Waals surface area (Å²) in [4.78, 5) is 16.8. The SMILES string of the molecule is O=C1NCc2c(-c3ccccc3Cl)cc(NS(=O)(=O)CCCN3CCOCC3)cc2N1c1c(Cl)cccc1Cl. The summed E-state index contributed by atoms with van der Waals surface area (Å²) in [5.74, 6) is -0.0522. The van der Waals surface area contributed by atoms with Crippen molar-refractivity contribution in [3.8, 4) is 11.1 Å². The summed E-state index contributed by atoms with van der Waals surface area (Å²) in [6.45, 7) is 3.77. The number of carbonyl (C=O) groups excluding carboxylic acids is 1. The van der Waals surface area contributed by atoms with E-state index in [4.69, 9.17) is 39.5 Å². The van der Waals surface area contributed by atoms with Crippen LogP contribution in [0.1, 0.15) is 12.0 Å². The summed E-state index contributed by atoms with van der Waals surface area (Å²) in [6.07, 6.45) is 0.474. The number of nitrogens with one attached hydrogen (secondary N) is 2. The molecular formula is C27H27Cl3N4O4S. The molecule has 5 rings (SSSR count). The lowest BCUT2D eigenvalue weighted by atomic mass is 9.95. The standard InChI is InChI=1S/C27H27Cl3N4O4S/c28-22-6-2-1-5-19(22)20-15-18(32-39(36,37)14-4-9-33-10-12-38-13-11-33)16-25-21(20)17-31-27(35)34(25)26-23(29)7-3-8-24(26)30/h1-3,5-8,15-16,32H,4,9-14,17H2,(H,31,35). The largest absolute Gasteiger partial charge is 0.379 e. The van der Waals surface area contributed by atoms with Gasteiger partial charge >= 0.3 is 6.03 Å². The average Bonchev–Trinajstić information content (AvgIpc) is 2.90. The Labute approximate surface area is 242 Å². The van der Waals surface area contributed by atoms with E-state index in [1.165, 1.54) is 4.90 Å². The van der Waals surface area contributed by atoms with E-state index in [0.717, 1.165) is 18.7 Å². The lowest BCUT2D eigenvalue weighted by Gasteiger charge is -2.33. The van der Waals surface area contributed by atoms with Crippen molar-refractivity contribution in [3.05, 3.63) is 75.2 Å². The number of amides is 2. The van der Waals surface area contributed by atoms with Gasteiger partial charge in [-0.1, -0.05) is 59.1 Å². The van der Waals surface area contributed by atoms with E-state index in [0.29, 0.717) is 59.4 Å². The van der Waals surface area contributed by atoms with Crippen molar-refractivity contribution in [2.75, 3.05) is 48.2 Å². The smallest absolute Gasteiger partial charge is 0.326 e. The minimum absolute atomic E-state index is 0.0522. The molecular weight excluding hydrogens is 583 g/mol. The highest BCUT2D eigenvalue weighted by molar-refractivity contribution is 7.92.